The van der Waals surface area contributed by atoms with E-state index < -0.39 is 18.8 Å². The van der Waals surface area contributed by atoms with Gasteiger partial charge in [0.15, 0.2) is 6.29 Å². The average Bonchev–Trinajstić information content (AvgIpc) is 2.67. The number of likely N-dealkylation sites (tertiary alicyclic amines) is 1. The quantitative estimate of drug-likeness (QED) is 0.405. The Morgan fingerprint density at radius 1 is 1.25 bits per heavy atom. The normalized spacial score (nSPS) is 29.4. The van der Waals surface area contributed by atoms with Gasteiger partial charge < -0.3 is 20.3 Å². The van der Waals surface area contributed by atoms with Crippen molar-refractivity contribution in [2.24, 2.45) is 17.3 Å². The van der Waals surface area contributed by atoms with E-state index in [1.54, 1.807) is 0 Å². The minimum Gasteiger partial charge on any atom is -0.427 e. The summed E-state index contributed by atoms with van der Waals surface area (Å²) in [6.45, 7) is 9.96. The monoisotopic (exact) mass is 287 g/mol. The molecule has 0 aliphatic carbocycles. The van der Waals surface area contributed by atoms with Gasteiger partial charge in [0.25, 0.3) is 0 Å². The second kappa shape index (κ2) is 7.23. The van der Waals surface area contributed by atoms with Gasteiger partial charge in [-0.15, -0.1) is 0 Å². The Morgan fingerprint density at radius 2 is 1.85 bits per heavy atom. The molecule has 1 aliphatic rings. The maximum atomic E-state index is 9.76. The third-order valence-corrected chi connectivity index (χ3v) is 5.08. The largest absolute Gasteiger partial charge is 0.451 e. The average molecular weight is 287 g/mol. The van der Waals surface area contributed by atoms with Crippen LogP contribution >= 0.6 is 0 Å². The molecule has 1 aliphatic heterocycles. The molecule has 0 aromatic carbocycles. The molecule has 1 rings (SSSR count). The van der Waals surface area contributed by atoms with Crippen LogP contribution in [0.4, 0.5) is 0 Å². The fourth-order valence-corrected chi connectivity index (χ4v) is 3.12. The van der Waals surface area contributed by atoms with Gasteiger partial charge in [0.1, 0.15) is 0 Å². The molecule has 0 spiro atoms. The van der Waals surface area contributed by atoms with E-state index in [4.69, 9.17) is 10.0 Å². The number of hydrogen-bond acceptors (Lipinski definition) is 5. The molecule has 1 heterocycles. The van der Waals surface area contributed by atoms with Crippen LogP contribution in [0.3, 0.4) is 0 Å². The molecule has 5 nitrogen and oxygen atoms in total. The molecule has 0 aromatic rings. The highest BCUT2D eigenvalue weighted by molar-refractivity contribution is 6.40. The highest BCUT2D eigenvalue weighted by Gasteiger charge is 2.48. The lowest BCUT2D eigenvalue weighted by atomic mass is 9.74. The first-order chi connectivity index (χ1) is 9.18. The second-order valence-electron chi connectivity index (χ2n) is 6.90. The first kappa shape index (κ1) is 17.9. The second-order valence-corrected chi connectivity index (χ2v) is 6.90. The van der Waals surface area contributed by atoms with Gasteiger partial charge in [-0.3, -0.25) is 4.90 Å². The van der Waals surface area contributed by atoms with Gasteiger partial charge in [-0.1, -0.05) is 27.2 Å². The summed E-state index contributed by atoms with van der Waals surface area (Å²) in [5, 5.41) is 37.4. The molecule has 20 heavy (non-hydrogen) atoms. The molecule has 1 fully saturated rings. The Kier molecular flexibility index (Phi) is 6.47. The van der Waals surface area contributed by atoms with Gasteiger partial charge >= 0.3 is 7.12 Å². The summed E-state index contributed by atoms with van der Waals surface area (Å²) in [6.07, 6.45) is 0.478. The number of rotatable bonds is 7. The van der Waals surface area contributed by atoms with Gasteiger partial charge in [-0.05, 0) is 31.5 Å². The van der Waals surface area contributed by atoms with E-state index in [0.717, 1.165) is 13.0 Å². The zero-order valence-electron chi connectivity index (χ0n) is 13.2. The minimum atomic E-state index is -1.34. The van der Waals surface area contributed by atoms with Crippen LogP contribution in [-0.4, -0.2) is 57.7 Å². The molecule has 0 aromatic heterocycles. The Labute approximate surface area is 122 Å². The number of aliphatic hydroxyl groups is 2. The smallest absolute Gasteiger partial charge is 0.427 e. The van der Waals surface area contributed by atoms with Crippen molar-refractivity contribution in [2.75, 3.05) is 13.1 Å². The Hall–Kier alpha value is -0.135. The van der Waals surface area contributed by atoms with Crippen molar-refractivity contribution in [1.29, 1.82) is 0 Å². The first-order valence-corrected chi connectivity index (χ1v) is 7.64. The summed E-state index contributed by atoms with van der Waals surface area (Å²) in [4.78, 5) is 2.32. The van der Waals surface area contributed by atoms with Gasteiger partial charge in [0, 0.05) is 24.5 Å². The zero-order chi connectivity index (χ0) is 15.5. The molecular weight excluding hydrogens is 257 g/mol. The number of hydrogen-bond donors (Lipinski definition) is 4. The third kappa shape index (κ3) is 4.18. The molecule has 0 unspecified atom stereocenters. The zero-order valence-corrected chi connectivity index (χ0v) is 13.2. The van der Waals surface area contributed by atoms with Gasteiger partial charge in [-0.2, -0.15) is 0 Å². The van der Waals surface area contributed by atoms with E-state index in [-0.39, 0.29) is 5.92 Å². The Morgan fingerprint density at radius 3 is 2.30 bits per heavy atom. The lowest BCUT2D eigenvalue weighted by Gasteiger charge is -2.33. The lowest BCUT2D eigenvalue weighted by Crippen LogP contribution is -2.41. The molecule has 0 amide bonds. The van der Waals surface area contributed by atoms with Crippen molar-refractivity contribution in [3.8, 4) is 0 Å². The lowest BCUT2D eigenvalue weighted by molar-refractivity contribution is -0.139. The van der Waals surface area contributed by atoms with Gasteiger partial charge in [-0.25, -0.2) is 0 Å². The molecular formula is C14H30BNO4. The fourth-order valence-electron chi connectivity index (χ4n) is 3.12. The summed E-state index contributed by atoms with van der Waals surface area (Å²) in [5.74, 6) is 0.690. The molecule has 1 saturated heterocycles. The van der Waals surface area contributed by atoms with Crippen molar-refractivity contribution in [3.63, 3.8) is 0 Å². The van der Waals surface area contributed by atoms with Gasteiger partial charge in [0.05, 0.1) is 0 Å². The first-order valence-electron chi connectivity index (χ1n) is 7.64. The summed E-state index contributed by atoms with van der Waals surface area (Å²) in [5.41, 5.74) is -0.538. The van der Waals surface area contributed by atoms with Crippen molar-refractivity contribution in [2.45, 2.75) is 59.2 Å². The van der Waals surface area contributed by atoms with E-state index in [1.165, 1.54) is 0 Å². The summed E-state index contributed by atoms with van der Waals surface area (Å²) in [7, 11) is -1.27. The van der Waals surface area contributed by atoms with E-state index in [2.05, 4.69) is 25.7 Å². The third-order valence-electron chi connectivity index (χ3n) is 5.08. The highest BCUT2D eigenvalue weighted by Crippen LogP contribution is 2.42. The number of aliphatic hydroxyl groups excluding tert-OH is 1. The number of nitrogens with zero attached hydrogens (tertiary/aromatic N) is 1. The van der Waals surface area contributed by atoms with Crippen LogP contribution in [0.15, 0.2) is 0 Å². The van der Waals surface area contributed by atoms with Crippen molar-refractivity contribution >= 4 is 7.12 Å². The SMILES string of the molecule is CC(C)[C@H](C)N1C[C@H](CCCB(O)O)[C@](C)(C(O)O)C1. The Balaban J connectivity index is 2.69. The topological polar surface area (TPSA) is 84.2 Å². The van der Waals surface area contributed by atoms with Gasteiger partial charge in [0.2, 0.25) is 0 Å². The van der Waals surface area contributed by atoms with Crippen LogP contribution in [0.5, 0.6) is 0 Å². The fraction of sp³-hybridized carbons (Fsp3) is 1.00. The van der Waals surface area contributed by atoms with E-state index in [9.17, 15) is 10.2 Å². The predicted octanol–water partition coefficient (Wildman–Crippen LogP) is 0.533. The highest BCUT2D eigenvalue weighted by atomic mass is 16.5. The molecule has 118 valence electrons. The summed E-state index contributed by atoms with van der Waals surface area (Å²) < 4.78 is 0. The maximum absolute atomic E-state index is 9.76. The van der Waals surface area contributed by atoms with E-state index in [1.807, 2.05) is 6.92 Å². The van der Waals surface area contributed by atoms with Crippen LogP contribution in [0, 0.1) is 17.3 Å². The van der Waals surface area contributed by atoms with Crippen molar-refractivity contribution < 1.29 is 20.3 Å². The molecule has 4 N–H and O–H groups in total. The molecule has 0 bridgehead atoms. The molecule has 0 saturated carbocycles. The van der Waals surface area contributed by atoms with Crippen LogP contribution in [0.1, 0.15) is 40.5 Å². The molecule has 0 radical (unpaired) electrons. The van der Waals surface area contributed by atoms with Crippen LogP contribution < -0.4 is 0 Å². The van der Waals surface area contributed by atoms with Crippen LogP contribution in [0.25, 0.3) is 0 Å². The summed E-state index contributed by atoms with van der Waals surface area (Å²) >= 11 is 0. The maximum Gasteiger partial charge on any atom is 0.451 e. The van der Waals surface area contributed by atoms with Crippen LogP contribution in [0.2, 0.25) is 6.32 Å². The van der Waals surface area contributed by atoms with E-state index >= 15 is 0 Å². The molecule has 6 heteroatoms. The van der Waals surface area contributed by atoms with Crippen molar-refractivity contribution in [1.82, 2.24) is 4.90 Å². The Bertz CT molecular complexity index is 301. The standard InChI is InChI=1S/C14H30BNO4/c1-10(2)11(3)16-8-12(6-5-7-15(19)20)14(4,9-16)13(17)18/h10-13,17-20H,5-9H2,1-4H3/t11-,12-,14+/m0/s1. The summed E-state index contributed by atoms with van der Waals surface area (Å²) in [6, 6.07) is 0.404. The van der Waals surface area contributed by atoms with Crippen molar-refractivity contribution in [3.05, 3.63) is 0 Å². The molecule has 3 atom stereocenters. The van der Waals surface area contributed by atoms with Crippen LogP contribution in [-0.2, 0) is 0 Å². The minimum absolute atomic E-state index is 0.169. The van der Waals surface area contributed by atoms with E-state index in [0.29, 0.717) is 31.2 Å². The predicted molar refractivity (Wildman–Crippen MR) is 79.9 cm³/mol.